The summed E-state index contributed by atoms with van der Waals surface area (Å²) >= 11 is 0. The molecule has 0 atom stereocenters. The van der Waals surface area contributed by atoms with Crippen molar-refractivity contribution >= 4 is 28.6 Å². The van der Waals surface area contributed by atoms with Gasteiger partial charge < -0.3 is 23.8 Å². The summed E-state index contributed by atoms with van der Waals surface area (Å²) in [5.41, 5.74) is 1.29. The predicted octanol–water partition coefficient (Wildman–Crippen LogP) is 2.96. The molecule has 34 heavy (non-hydrogen) atoms. The van der Waals surface area contributed by atoms with E-state index in [4.69, 9.17) is 9.47 Å². The lowest BCUT2D eigenvalue weighted by Crippen LogP contribution is -2.50. The molecule has 0 aliphatic carbocycles. The van der Waals surface area contributed by atoms with Gasteiger partial charge in [-0.2, -0.15) is 13.2 Å². The summed E-state index contributed by atoms with van der Waals surface area (Å²) < 4.78 is 51.1. The van der Waals surface area contributed by atoms with Crippen molar-refractivity contribution in [2.75, 3.05) is 44.8 Å². The van der Waals surface area contributed by atoms with Crippen LogP contribution in [0.4, 0.5) is 18.9 Å². The number of fused-ring (bicyclic) bond motifs is 1. The van der Waals surface area contributed by atoms with E-state index in [1.54, 1.807) is 24.1 Å². The van der Waals surface area contributed by atoms with E-state index in [0.717, 1.165) is 16.0 Å². The van der Waals surface area contributed by atoms with Gasteiger partial charge in [0, 0.05) is 31.9 Å². The number of carbonyl (C=O) groups excluding carboxylic acids is 2. The SMILES string of the molecule is COc1ccc(N2CCN(C(=O)COC(=O)Cn3c(C(F)(F)F)nc4ccccc43)CC2)cc1. The Hall–Kier alpha value is -3.76. The number of hydrogen-bond acceptors (Lipinski definition) is 6. The zero-order chi connectivity index (χ0) is 24.3. The van der Waals surface area contributed by atoms with Gasteiger partial charge in [-0.1, -0.05) is 12.1 Å². The second-order valence-electron chi connectivity index (χ2n) is 7.73. The zero-order valence-corrected chi connectivity index (χ0v) is 18.4. The van der Waals surface area contributed by atoms with Gasteiger partial charge in [0.05, 0.1) is 18.1 Å². The van der Waals surface area contributed by atoms with Crippen molar-refractivity contribution in [2.45, 2.75) is 12.7 Å². The van der Waals surface area contributed by atoms with E-state index < -0.39 is 37.0 Å². The third-order valence-electron chi connectivity index (χ3n) is 5.62. The molecular weight excluding hydrogens is 453 g/mol. The number of alkyl halides is 3. The largest absolute Gasteiger partial charge is 0.497 e. The van der Waals surface area contributed by atoms with Gasteiger partial charge in [0.2, 0.25) is 5.82 Å². The number of amides is 1. The number of piperazine rings is 1. The molecule has 0 bridgehead atoms. The number of aromatic nitrogens is 2. The Balaban J connectivity index is 1.31. The lowest BCUT2D eigenvalue weighted by molar-refractivity contribution is -0.155. The first-order valence-corrected chi connectivity index (χ1v) is 10.6. The molecule has 1 amide bonds. The number of anilines is 1. The van der Waals surface area contributed by atoms with Crippen molar-refractivity contribution < 1.29 is 32.2 Å². The highest BCUT2D eigenvalue weighted by molar-refractivity contribution is 5.82. The molecule has 0 radical (unpaired) electrons. The van der Waals surface area contributed by atoms with Crippen LogP contribution in [-0.2, 0) is 27.0 Å². The molecule has 180 valence electrons. The fourth-order valence-corrected chi connectivity index (χ4v) is 3.87. The number of methoxy groups -OCH3 is 1. The molecule has 1 aliphatic rings. The van der Waals surface area contributed by atoms with E-state index >= 15 is 0 Å². The average Bonchev–Trinajstić information content (AvgIpc) is 3.21. The highest BCUT2D eigenvalue weighted by Gasteiger charge is 2.38. The molecule has 1 fully saturated rings. The van der Waals surface area contributed by atoms with Crippen molar-refractivity contribution in [3.8, 4) is 5.75 Å². The summed E-state index contributed by atoms with van der Waals surface area (Å²) in [6, 6.07) is 13.6. The van der Waals surface area contributed by atoms with E-state index in [1.165, 1.54) is 12.1 Å². The van der Waals surface area contributed by atoms with Crippen LogP contribution in [0.3, 0.4) is 0 Å². The molecule has 4 rings (SSSR count). The summed E-state index contributed by atoms with van der Waals surface area (Å²) in [7, 11) is 1.60. The summed E-state index contributed by atoms with van der Waals surface area (Å²) in [6.45, 7) is 0.840. The van der Waals surface area contributed by atoms with E-state index in [0.29, 0.717) is 26.2 Å². The number of ether oxygens (including phenoxy) is 2. The summed E-state index contributed by atoms with van der Waals surface area (Å²) in [5.74, 6) is -1.77. The molecule has 1 aromatic heterocycles. The molecule has 0 unspecified atom stereocenters. The molecule has 3 aromatic rings. The van der Waals surface area contributed by atoms with Crippen LogP contribution in [0.15, 0.2) is 48.5 Å². The van der Waals surface area contributed by atoms with Crippen LogP contribution in [0.2, 0.25) is 0 Å². The van der Waals surface area contributed by atoms with E-state index in [2.05, 4.69) is 9.88 Å². The van der Waals surface area contributed by atoms with Gasteiger partial charge in [-0.05, 0) is 36.4 Å². The molecule has 0 N–H and O–H groups in total. The van der Waals surface area contributed by atoms with Gasteiger partial charge in [-0.25, -0.2) is 4.98 Å². The summed E-state index contributed by atoms with van der Waals surface area (Å²) in [4.78, 5) is 32.1. The maximum absolute atomic E-state index is 13.4. The summed E-state index contributed by atoms with van der Waals surface area (Å²) in [5, 5.41) is 0. The Labute approximate surface area is 193 Å². The number of imidazole rings is 1. The van der Waals surface area contributed by atoms with Gasteiger partial charge >= 0.3 is 12.1 Å². The van der Waals surface area contributed by atoms with Gasteiger partial charge in [0.15, 0.2) is 6.61 Å². The fourth-order valence-electron chi connectivity index (χ4n) is 3.87. The van der Waals surface area contributed by atoms with Gasteiger partial charge in [0.25, 0.3) is 5.91 Å². The number of rotatable bonds is 6. The molecule has 0 saturated carbocycles. The highest BCUT2D eigenvalue weighted by atomic mass is 19.4. The number of nitrogens with zero attached hydrogens (tertiary/aromatic N) is 4. The van der Waals surface area contributed by atoms with Crippen LogP contribution >= 0.6 is 0 Å². The Kier molecular flexibility index (Phi) is 6.62. The maximum Gasteiger partial charge on any atom is 0.449 e. The molecule has 2 aromatic carbocycles. The van der Waals surface area contributed by atoms with Crippen LogP contribution in [0, 0.1) is 0 Å². The zero-order valence-electron chi connectivity index (χ0n) is 18.4. The standard InChI is InChI=1S/C23H23F3N4O4/c1-33-17-8-6-16(7-9-17)28-10-12-29(13-11-28)20(31)15-34-21(32)14-30-19-5-3-2-4-18(19)27-22(30)23(24,25)26/h2-9H,10-15H2,1H3. The maximum atomic E-state index is 13.4. The number of hydrogen-bond donors (Lipinski definition) is 0. The van der Waals surface area contributed by atoms with Crippen LogP contribution in [0.1, 0.15) is 5.82 Å². The quantitative estimate of drug-likeness (QED) is 0.510. The number of esters is 1. The minimum Gasteiger partial charge on any atom is -0.497 e. The molecular formula is C23H23F3N4O4. The predicted molar refractivity (Wildman–Crippen MR) is 117 cm³/mol. The second-order valence-corrected chi connectivity index (χ2v) is 7.73. The van der Waals surface area contributed by atoms with Gasteiger partial charge in [0.1, 0.15) is 12.3 Å². The Morgan fingerprint density at radius 1 is 1.00 bits per heavy atom. The number of carbonyl (C=O) groups is 2. The lowest BCUT2D eigenvalue weighted by Gasteiger charge is -2.36. The van der Waals surface area contributed by atoms with E-state index in [-0.39, 0.29) is 11.0 Å². The van der Waals surface area contributed by atoms with Crippen LogP contribution in [0.5, 0.6) is 5.75 Å². The third-order valence-corrected chi connectivity index (χ3v) is 5.62. The minimum absolute atomic E-state index is 0.119. The Morgan fingerprint density at radius 2 is 1.68 bits per heavy atom. The van der Waals surface area contributed by atoms with Crippen molar-refractivity contribution in [2.24, 2.45) is 0 Å². The molecule has 11 heteroatoms. The Morgan fingerprint density at radius 3 is 2.32 bits per heavy atom. The molecule has 1 saturated heterocycles. The van der Waals surface area contributed by atoms with Crippen LogP contribution in [-0.4, -0.2) is 66.2 Å². The van der Waals surface area contributed by atoms with E-state index in [9.17, 15) is 22.8 Å². The molecule has 0 spiro atoms. The molecule has 1 aliphatic heterocycles. The van der Waals surface area contributed by atoms with Crippen LogP contribution in [0.25, 0.3) is 11.0 Å². The first kappa shape index (κ1) is 23.4. The number of para-hydroxylation sites is 2. The van der Waals surface area contributed by atoms with Crippen LogP contribution < -0.4 is 9.64 Å². The molecule has 2 heterocycles. The van der Waals surface area contributed by atoms with Crippen molar-refractivity contribution in [1.82, 2.24) is 14.5 Å². The number of benzene rings is 2. The van der Waals surface area contributed by atoms with Crippen molar-refractivity contribution in [3.63, 3.8) is 0 Å². The lowest BCUT2D eigenvalue weighted by atomic mass is 10.2. The first-order valence-electron chi connectivity index (χ1n) is 10.6. The highest BCUT2D eigenvalue weighted by Crippen LogP contribution is 2.31. The van der Waals surface area contributed by atoms with E-state index in [1.807, 2.05) is 24.3 Å². The fraction of sp³-hybridized carbons (Fsp3) is 0.348. The van der Waals surface area contributed by atoms with Crippen molar-refractivity contribution in [3.05, 3.63) is 54.4 Å². The summed E-state index contributed by atoms with van der Waals surface area (Å²) in [6.07, 6.45) is -4.74. The second kappa shape index (κ2) is 9.62. The average molecular weight is 476 g/mol. The van der Waals surface area contributed by atoms with Gasteiger partial charge in [-0.15, -0.1) is 0 Å². The topological polar surface area (TPSA) is 76.9 Å². The number of halogens is 3. The first-order chi connectivity index (χ1) is 16.3. The third kappa shape index (κ3) is 5.08. The Bertz CT molecular complexity index is 1170. The normalized spacial score (nSPS) is 14.4. The smallest absolute Gasteiger partial charge is 0.449 e. The monoisotopic (exact) mass is 476 g/mol. The van der Waals surface area contributed by atoms with Gasteiger partial charge in [-0.3, -0.25) is 9.59 Å². The minimum atomic E-state index is -4.74. The molecule has 8 nitrogen and oxygen atoms in total. The van der Waals surface area contributed by atoms with Crippen molar-refractivity contribution in [1.29, 1.82) is 0 Å².